The number of fused-ring (bicyclic) bond motifs is 1. The second kappa shape index (κ2) is 6.45. The number of rotatable bonds is 4. The maximum Gasteiger partial charge on any atom is 0.291 e. The molecule has 0 unspecified atom stereocenters. The molecule has 0 saturated heterocycles. The van der Waals surface area contributed by atoms with Crippen molar-refractivity contribution in [2.45, 2.75) is 38.8 Å². The summed E-state index contributed by atoms with van der Waals surface area (Å²) < 4.78 is 1.56. The van der Waals surface area contributed by atoms with E-state index in [0.29, 0.717) is 18.6 Å². The molecular formula is C18H20N6O2. The second-order valence-electron chi connectivity index (χ2n) is 6.78. The molecule has 26 heavy (non-hydrogen) atoms. The fourth-order valence-electron chi connectivity index (χ4n) is 3.36. The molecule has 3 heterocycles. The first-order valence-corrected chi connectivity index (χ1v) is 8.62. The van der Waals surface area contributed by atoms with E-state index in [9.17, 15) is 9.90 Å². The van der Waals surface area contributed by atoms with Crippen molar-refractivity contribution in [3.63, 3.8) is 0 Å². The summed E-state index contributed by atoms with van der Waals surface area (Å²) in [5.41, 5.74) is 2.46. The van der Waals surface area contributed by atoms with E-state index in [2.05, 4.69) is 25.4 Å². The van der Waals surface area contributed by atoms with Gasteiger partial charge in [-0.15, -0.1) is 5.10 Å². The molecule has 1 amide bonds. The third-order valence-electron chi connectivity index (χ3n) is 4.74. The number of nitrogens with zero attached hydrogens (tertiary/aromatic N) is 5. The molecule has 1 fully saturated rings. The predicted octanol–water partition coefficient (Wildman–Crippen LogP) is 1.38. The number of aromatic nitrogens is 5. The van der Waals surface area contributed by atoms with Crippen LogP contribution in [0.5, 0.6) is 0 Å². The SMILES string of the molecule is Cc1cc(C)n2nc(C(=O)N[C@H](c3ccccn3)C3CC(O)C3)nc2n1. The average molecular weight is 352 g/mol. The van der Waals surface area contributed by atoms with E-state index in [1.54, 1.807) is 10.7 Å². The van der Waals surface area contributed by atoms with Crippen LogP contribution in [0.25, 0.3) is 5.78 Å². The highest BCUT2D eigenvalue weighted by Gasteiger charge is 2.37. The smallest absolute Gasteiger partial charge is 0.291 e. The summed E-state index contributed by atoms with van der Waals surface area (Å²) in [5.74, 6) is 0.251. The molecule has 0 bridgehead atoms. The molecule has 1 saturated carbocycles. The normalized spacial score (nSPS) is 20.6. The number of aryl methyl sites for hydroxylation is 2. The molecule has 8 nitrogen and oxygen atoms in total. The molecule has 3 aromatic rings. The Kier molecular flexibility index (Phi) is 4.12. The van der Waals surface area contributed by atoms with E-state index in [0.717, 1.165) is 17.1 Å². The Bertz CT molecular complexity index is 949. The first kappa shape index (κ1) is 16.6. The summed E-state index contributed by atoms with van der Waals surface area (Å²) in [6.07, 6.45) is 2.66. The van der Waals surface area contributed by atoms with Crippen LogP contribution in [0, 0.1) is 19.8 Å². The summed E-state index contributed by atoms with van der Waals surface area (Å²) in [7, 11) is 0. The highest BCUT2D eigenvalue weighted by atomic mass is 16.3. The van der Waals surface area contributed by atoms with Crippen molar-refractivity contribution in [2.24, 2.45) is 5.92 Å². The van der Waals surface area contributed by atoms with Crippen LogP contribution in [0.4, 0.5) is 0 Å². The van der Waals surface area contributed by atoms with E-state index in [4.69, 9.17) is 0 Å². The lowest BCUT2D eigenvalue weighted by Gasteiger charge is -2.37. The molecule has 1 aliphatic carbocycles. The Hall–Kier alpha value is -2.87. The summed E-state index contributed by atoms with van der Waals surface area (Å²) >= 11 is 0. The van der Waals surface area contributed by atoms with Gasteiger partial charge in [-0.3, -0.25) is 9.78 Å². The average Bonchev–Trinajstić information content (AvgIpc) is 3.02. The van der Waals surface area contributed by atoms with Crippen molar-refractivity contribution in [3.05, 3.63) is 53.4 Å². The van der Waals surface area contributed by atoms with E-state index in [1.165, 1.54) is 0 Å². The monoisotopic (exact) mass is 352 g/mol. The minimum absolute atomic E-state index is 0.0759. The van der Waals surface area contributed by atoms with Crippen LogP contribution >= 0.6 is 0 Å². The molecule has 4 rings (SSSR count). The van der Waals surface area contributed by atoms with E-state index in [-0.39, 0.29) is 29.8 Å². The number of carbonyl (C=O) groups excluding carboxylic acids is 1. The second-order valence-corrected chi connectivity index (χ2v) is 6.78. The van der Waals surface area contributed by atoms with Gasteiger partial charge in [0.05, 0.1) is 17.8 Å². The molecule has 134 valence electrons. The van der Waals surface area contributed by atoms with Crippen LogP contribution < -0.4 is 5.32 Å². The number of carbonyl (C=O) groups is 1. The maximum atomic E-state index is 12.8. The summed E-state index contributed by atoms with van der Waals surface area (Å²) in [5, 5.41) is 16.9. The largest absolute Gasteiger partial charge is 0.393 e. The van der Waals surface area contributed by atoms with Gasteiger partial charge in [0.1, 0.15) is 0 Å². The fourth-order valence-corrected chi connectivity index (χ4v) is 3.36. The summed E-state index contributed by atoms with van der Waals surface area (Å²) in [4.78, 5) is 25.7. The van der Waals surface area contributed by atoms with Gasteiger partial charge in [0.25, 0.3) is 11.7 Å². The van der Waals surface area contributed by atoms with Gasteiger partial charge in [-0.1, -0.05) is 6.07 Å². The van der Waals surface area contributed by atoms with Crippen molar-refractivity contribution in [1.29, 1.82) is 0 Å². The van der Waals surface area contributed by atoms with E-state index >= 15 is 0 Å². The Balaban J connectivity index is 1.61. The summed E-state index contributed by atoms with van der Waals surface area (Å²) in [6, 6.07) is 7.20. The van der Waals surface area contributed by atoms with Crippen LogP contribution in [-0.4, -0.2) is 41.7 Å². The van der Waals surface area contributed by atoms with Crippen molar-refractivity contribution in [1.82, 2.24) is 29.9 Å². The highest BCUT2D eigenvalue weighted by Crippen LogP contribution is 2.37. The Labute approximate surface area is 150 Å². The first-order chi connectivity index (χ1) is 12.5. The lowest BCUT2D eigenvalue weighted by atomic mass is 9.76. The van der Waals surface area contributed by atoms with Gasteiger partial charge in [-0.25, -0.2) is 9.50 Å². The third-order valence-corrected chi connectivity index (χ3v) is 4.74. The van der Waals surface area contributed by atoms with Crippen LogP contribution in [-0.2, 0) is 0 Å². The molecule has 2 N–H and O–H groups in total. The van der Waals surface area contributed by atoms with Crippen molar-refractivity contribution < 1.29 is 9.90 Å². The van der Waals surface area contributed by atoms with Gasteiger partial charge in [0, 0.05) is 17.6 Å². The molecule has 3 aromatic heterocycles. The van der Waals surface area contributed by atoms with Crippen molar-refractivity contribution >= 4 is 11.7 Å². The Morgan fingerprint density at radius 1 is 1.31 bits per heavy atom. The van der Waals surface area contributed by atoms with Crippen LogP contribution in [0.15, 0.2) is 30.5 Å². The molecule has 8 heteroatoms. The molecule has 0 radical (unpaired) electrons. The van der Waals surface area contributed by atoms with Gasteiger partial charge >= 0.3 is 0 Å². The first-order valence-electron chi connectivity index (χ1n) is 8.62. The Morgan fingerprint density at radius 2 is 2.12 bits per heavy atom. The molecule has 0 spiro atoms. The molecular weight excluding hydrogens is 332 g/mol. The molecule has 0 aromatic carbocycles. The van der Waals surface area contributed by atoms with Crippen LogP contribution in [0.3, 0.4) is 0 Å². The molecule has 0 aliphatic heterocycles. The zero-order chi connectivity index (χ0) is 18.3. The van der Waals surface area contributed by atoms with E-state index in [1.807, 2.05) is 38.1 Å². The highest BCUT2D eigenvalue weighted by molar-refractivity contribution is 5.91. The van der Waals surface area contributed by atoms with Crippen LogP contribution in [0.2, 0.25) is 0 Å². The van der Waals surface area contributed by atoms with Gasteiger partial charge in [-0.2, -0.15) is 4.98 Å². The minimum Gasteiger partial charge on any atom is -0.393 e. The number of pyridine rings is 1. The predicted molar refractivity (Wildman–Crippen MR) is 93.4 cm³/mol. The van der Waals surface area contributed by atoms with Gasteiger partial charge < -0.3 is 10.4 Å². The maximum absolute atomic E-state index is 12.8. The van der Waals surface area contributed by atoms with E-state index < -0.39 is 0 Å². The number of hydrogen-bond donors (Lipinski definition) is 2. The van der Waals surface area contributed by atoms with Crippen molar-refractivity contribution in [3.8, 4) is 0 Å². The standard InChI is InChI=1S/C18H20N6O2/c1-10-7-11(2)24-18(20-10)22-16(23-24)17(26)21-15(12-8-13(25)9-12)14-5-3-4-6-19-14/h3-7,12-13,15,25H,8-9H2,1-2H3,(H,21,26)/t12?,13?,15-/m0/s1. The fraction of sp³-hybridized carbons (Fsp3) is 0.389. The minimum atomic E-state index is -0.371. The Morgan fingerprint density at radius 3 is 2.81 bits per heavy atom. The van der Waals surface area contributed by atoms with Gasteiger partial charge in [-0.05, 0) is 50.8 Å². The summed E-state index contributed by atoms with van der Waals surface area (Å²) in [6.45, 7) is 3.77. The quantitative estimate of drug-likeness (QED) is 0.735. The number of aliphatic hydroxyl groups excluding tert-OH is 1. The van der Waals surface area contributed by atoms with Gasteiger partial charge in [0.15, 0.2) is 0 Å². The number of hydrogen-bond acceptors (Lipinski definition) is 6. The van der Waals surface area contributed by atoms with Crippen molar-refractivity contribution in [2.75, 3.05) is 0 Å². The zero-order valence-corrected chi connectivity index (χ0v) is 14.6. The lowest BCUT2D eigenvalue weighted by molar-refractivity contribution is 0.0227. The topological polar surface area (TPSA) is 105 Å². The molecule has 1 aliphatic rings. The molecule has 1 atom stereocenters. The zero-order valence-electron chi connectivity index (χ0n) is 14.6. The number of aliphatic hydroxyl groups is 1. The lowest BCUT2D eigenvalue weighted by Crippen LogP contribution is -2.42. The number of nitrogens with one attached hydrogen (secondary N) is 1. The number of amides is 1. The third kappa shape index (κ3) is 3.03. The van der Waals surface area contributed by atoms with Gasteiger partial charge in [0.2, 0.25) is 5.82 Å². The van der Waals surface area contributed by atoms with Crippen LogP contribution in [0.1, 0.15) is 46.6 Å².